The Morgan fingerprint density at radius 3 is 2.36 bits per heavy atom. The van der Waals surface area contributed by atoms with Crippen molar-refractivity contribution >= 4 is 5.97 Å². The van der Waals surface area contributed by atoms with Crippen LogP contribution < -0.4 is 0 Å². The van der Waals surface area contributed by atoms with Gasteiger partial charge in [0, 0.05) is 14.0 Å². The molecule has 0 saturated carbocycles. The zero-order valence-corrected chi connectivity index (χ0v) is 8.26. The number of carbonyl (C=O) groups excluding carboxylic acids is 1. The Morgan fingerprint density at radius 1 is 1.21 bits per heavy atom. The maximum absolute atomic E-state index is 10.8. The molecule has 80 valence electrons. The van der Waals surface area contributed by atoms with Gasteiger partial charge in [-0.05, 0) is 0 Å². The second-order valence-electron chi connectivity index (χ2n) is 3.52. The molecule has 2 aliphatic heterocycles. The minimum absolute atomic E-state index is 0.0411. The molecule has 2 heterocycles. The highest BCUT2D eigenvalue weighted by Gasteiger charge is 2.49. The van der Waals surface area contributed by atoms with E-state index in [1.807, 2.05) is 0 Å². The van der Waals surface area contributed by atoms with E-state index in [1.165, 1.54) is 6.92 Å². The predicted molar refractivity (Wildman–Crippen MR) is 45.8 cm³/mol. The van der Waals surface area contributed by atoms with Gasteiger partial charge in [-0.1, -0.05) is 0 Å². The molecule has 14 heavy (non-hydrogen) atoms. The van der Waals surface area contributed by atoms with Crippen LogP contribution in [0.15, 0.2) is 0 Å². The third kappa shape index (κ3) is 1.63. The molecule has 0 bridgehead atoms. The predicted octanol–water partition coefficient (Wildman–Crippen LogP) is -0.269. The molecule has 5 heteroatoms. The molecule has 2 rings (SSSR count). The van der Waals surface area contributed by atoms with Crippen molar-refractivity contribution in [2.45, 2.75) is 31.3 Å². The summed E-state index contributed by atoms with van der Waals surface area (Å²) in [7, 11) is 1.62. The molecule has 0 unspecified atom stereocenters. The molecule has 0 amide bonds. The number of hydrogen-bond acceptors (Lipinski definition) is 5. The number of ether oxygens (including phenoxy) is 4. The summed E-state index contributed by atoms with van der Waals surface area (Å²) in [5.41, 5.74) is 0. The first-order chi connectivity index (χ1) is 6.72. The van der Waals surface area contributed by atoms with Gasteiger partial charge in [0.15, 0.2) is 6.10 Å². The molecule has 2 aliphatic rings. The van der Waals surface area contributed by atoms with E-state index in [1.54, 1.807) is 7.11 Å². The molecule has 0 radical (unpaired) electrons. The lowest BCUT2D eigenvalue weighted by Gasteiger charge is -2.15. The molecule has 0 aromatic rings. The van der Waals surface area contributed by atoms with E-state index < -0.39 is 0 Å². The molecule has 2 saturated heterocycles. The van der Waals surface area contributed by atoms with Crippen molar-refractivity contribution in [3.8, 4) is 0 Å². The van der Waals surface area contributed by atoms with E-state index in [0.29, 0.717) is 13.2 Å². The van der Waals surface area contributed by atoms with E-state index in [0.717, 1.165) is 0 Å². The van der Waals surface area contributed by atoms with Crippen molar-refractivity contribution in [3.63, 3.8) is 0 Å². The minimum atomic E-state index is -0.302. The van der Waals surface area contributed by atoms with E-state index in [-0.39, 0.29) is 30.4 Å². The van der Waals surface area contributed by atoms with E-state index in [4.69, 9.17) is 18.9 Å². The Labute approximate surface area is 82.3 Å². The number of rotatable bonds is 2. The van der Waals surface area contributed by atoms with Crippen molar-refractivity contribution < 1.29 is 23.7 Å². The van der Waals surface area contributed by atoms with Gasteiger partial charge in [0.1, 0.15) is 18.3 Å². The van der Waals surface area contributed by atoms with Gasteiger partial charge >= 0.3 is 5.97 Å². The maximum Gasteiger partial charge on any atom is 0.303 e. The summed E-state index contributed by atoms with van der Waals surface area (Å²) >= 11 is 0. The molecular weight excluding hydrogens is 188 g/mol. The maximum atomic E-state index is 10.8. The largest absolute Gasteiger partial charge is 0.457 e. The highest BCUT2D eigenvalue weighted by atomic mass is 16.6. The van der Waals surface area contributed by atoms with Gasteiger partial charge in [-0.2, -0.15) is 0 Å². The van der Waals surface area contributed by atoms with Crippen LogP contribution in [0.25, 0.3) is 0 Å². The highest BCUT2D eigenvalue weighted by molar-refractivity contribution is 5.66. The van der Waals surface area contributed by atoms with Gasteiger partial charge in [-0.25, -0.2) is 0 Å². The molecule has 0 aliphatic carbocycles. The topological polar surface area (TPSA) is 54.0 Å². The summed E-state index contributed by atoms with van der Waals surface area (Å²) in [5.74, 6) is -0.302. The van der Waals surface area contributed by atoms with E-state index in [9.17, 15) is 4.79 Å². The summed E-state index contributed by atoms with van der Waals surface area (Å²) in [6.07, 6.45) is -0.577. The second kappa shape index (κ2) is 3.84. The van der Waals surface area contributed by atoms with Crippen molar-refractivity contribution in [3.05, 3.63) is 0 Å². The lowest BCUT2D eigenvalue weighted by atomic mass is 10.1. The van der Waals surface area contributed by atoms with Gasteiger partial charge in [-0.15, -0.1) is 0 Å². The van der Waals surface area contributed by atoms with Gasteiger partial charge in [0.05, 0.1) is 13.2 Å². The van der Waals surface area contributed by atoms with Crippen molar-refractivity contribution in [2.75, 3.05) is 20.3 Å². The summed E-state index contributed by atoms with van der Waals surface area (Å²) < 4.78 is 21.2. The molecule has 0 aromatic heterocycles. The second-order valence-corrected chi connectivity index (χ2v) is 3.52. The number of esters is 1. The van der Waals surface area contributed by atoms with Gasteiger partial charge < -0.3 is 18.9 Å². The monoisotopic (exact) mass is 202 g/mol. The van der Waals surface area contributed by atoms with Crippen molar-refractivity contribution in [1.82, 2.24) is 0 Å². The fraction of sp³-hybridized carbons (Fsp3) is 0.889. The summed E-state index contributed by atoms with van der Waals surface area (Å²) in [6, 6.07) is 0. The fourth-order valence-corrected chi connectivity index (χ4v) is 1.95. The Kier molecular flexibility index (Phi) is 2.71. The number of carbonyl (C=O) groups is 1. The van der Waals surface area contributed by atoms with Crippen LogP contribution in [-0.4, -0.2) is 50.7 Å². The Morgan fingerprint density at radius 2 is 1.79 bits per heavy atom. The molecule has 4 atom stereocenters. The third-order valence-corrected chi connectivity index (χ3v) is 2.58. The zero-order chi connectivity index (χ0) is 10.1. The van der Waals surface area contributed by atoms with Crippen LogP contribution in [0.5, 0.6) is 0 Å². The van der Waals surface area contributed by atoms with Crippen molar-refractivity contribution in [2.24, 2.45) is 0 Å². The molecule has 5 nitrogen and oxygen atoms in total. The van der Waals surface area contributed by atoms with Gasteiger partial charge in [-0.3, -0.25) is 4.79 Å². The van der Waals surface area contributed by atoms with Gasteiger partial charge in [0.25, 0.3) is 0 Å². The van der Waals surface area contributed by atoms with Crippen LogP contribution in [0.4, 0.5) is 0 Å². The van der Waals surface area contributed by atoms with Crippen LogP contribution in [0, 0.1) is 0 Å². The van der Waals surface area contributed by atoms with Crippen LogP contribution in [-0.2, 0) is 23.7 Å². The van der Waals surface area contributed by atoms with E-state index >= 15 is 0 Å². The SMILES string of the molecule is CO[C@@H]1CO[C@H]2[C@@H]1OC[C@@H]2OC(C)=O. The molecular formula is C9H14O5. The quantitative estimate of drug-likeness (QED) is 0.577. The number of methoxy groups -OCH3 is 1. The van der Waals surface area contributed by atoms with Crippen LogP contribution in [0.2, 0.25) is 0 Å². The highest BCUT2D eigenvalue weighted by Crippen LogP contribution is 2.30. The summed E-state index contributed by atoms with van der Waals surface area (Å²) in [4.78, 5) is 10.8. The lowest BCUT2D eigenvalue weighted by Crippen LogP contribution is -2.34. The average molecular weight is 202 g/mol. The first-order valence-corrected chi connectivity index (χ1v) is 4.65. The van der Waals surface area contributed by atoms with Crippen LogP contribution in [0.3, 0.4) is 0 Å². The first kappa shape index (κ1) is 9.89. The molecule has 0 N–H and O–H groups in total. The summed E-state index contributed by atoms with van der Waals surface area (Å²) in [6.45, 7) is 2.29. The van der Waals surface area contributed by atoms with Crippen LogP contribution >= 0.6 is 0 Å². The normalized spacial score (nSPS) is 41.0. The smallest absolute Gasteiger partial charge is 0.303 e. The fourth-order valence-electron chi connectivity index (χ4n) is 1.95. The standard InChI is InChI=1S/C9H14O5/c1-5(10)14-7-4-13-8-6(11-2)3-12-9(7)8/h6-9H,3-4H2,1-2H3/t6-,7+,8-,9-/m1/s1. The molecule has 0 spiro atoms. The number of hydrogen-bond donors (Lipinski definition) is 0. The zero-order valence-electron chi connectivity index (χ0n) is 8.26. The third-order valence-electron chi connectivity index (χ3n) is 2.58. The van der Waals surface area contributed by atoms with Crippen molar-refractivity contribution in [1.29, 1.82) is 0 Å². The Hall–Kier alpha value is -0.650. The van der Waals surface area contributed by atoms with E-state index in [2.05, 4.69) is 0 Å². The number of fused-ring (bicyclic) bond motifs is 1. The summed E-state index contributed by atoms with van der Waals surface area (Å²) in [5, 5.41) is 0. The average Bonchev–Trinajstić information content (AvgIpc) is 2.67. The Bertz CT molecular complexity index is 229. The Balaban J connectivity index is 1.97. The van der Waals surface area contributed by atoms with Crippen LogP contribution in [0.1, 0.15) is 6.92 Å². The molecule has 2 fully saturated rings. The molecule has 0 aromatic carbocycles. The minimum Gasteiger partial charge on any atom is -0.457 e. The van der Waals surface area contributed by atoms with Gasteiger partial charge in [0.2, 0.25) is 0 Å². The lowest BCUT2D eigenvalue weighted by molar-refractivity contribution is -0.151. The first-order valence-electron chi connectivity index (χ1n) is 4.65.